The molecule has 0 saturated carbocycles. The van der Waals surface area contributed by atoms with Crippen LogP contribution in [0.1, 0.15) is 21.8 Å². The quantitative estimate of drug-likeness (QED) is 0.792. The molecule has 0 unspecified atom stereocenters. The summed E-state index contributed by atoms with van der Waals surface area (Å²) >= 11 is 0. The Morgan fingerprint density at radius 3 is 3.05 bits per heavy atom. The van der Waals surface area contributed by atoms with E-state index in [1.165, 1.54) is 0 Å². The molecule has 0 aliphatic rings. The van der Waals surface area contributed by atoms with Crippen molar-refractivity contribution >= 4 is 11.6 Å². The van der Waals surface area contributed by atoms with Gasteiger partial charge in [0.05, 0.1) is 0 Å². The van der Waals surface area contributed by atoms with Gasteiger partial charge in [-0.2, -0.15) is 0 Å². The van der Waals surface area contributed by atoms with Crippen LogP contribution in [0.25, 0.3) is 0 Å². The van der Waals surface area contributed by atoms with Crippen molar-refractivity contribution in [3.8, 4) is 0 Å². The van der Waals surface area contributed by atoms with E-state index >= 15 is 0 Å². The number of methoxy groups -OCH3 is 1. The molecular weight excluding hydrogens is 246 g/mol. The Balaban J connectivity index is 1.93. The molecule has 1 amide bonds. The highest BCUT2D eigenvalue weighted by Crippen LogP contribution is 2.07. The third kappa shape index (κ3) is 3.56. The third-order valence-electron chi connectivity index (χ3n) is 2.48. The SMILES string of the molecule is COCc1cc(C(=O)NCc2cccc(N)c2)no1. The third-order valence-corrected chi connectivity index (χ3v) is 2.48. The molecule has 0 aliphatic carbocycles. The van der Waals surface area contributed by atoms with E-state index in [9.17, 15) is 4.79 Å². The largest absolute Gasteiger partial charge is 0.399 e. The Kier molecular flexibility index (Phi) is 4.15. The smallest absolute Gasteiger partial charge is 0.273 e. The van der Waals surface area contributed by atoms with Gasteiger partial charge in [0.25, 0.3) is 5.91 Å². The van der Waals surface area contributed by atoms with Crippen LogP contribution in [0.5, 0.6) is 0 Å². The molecule has 0 bridgehead atoms. The first-order chi connectivity index (χ1) is 9.19. The molecule has 6 heteroatoms. The first kappa shape index (κ1) is 13.1. The zero-order chi connectivity index (χ0) is 13.7. The van der Waals surface area contributed by atoms with Crippen LogP contribution < -0.4 is 11.1 Å². The fourth-order valence-corrected chi connectivity index (χ4v) is 1.61. The number of nitrogens with zero attached hydrogens (tertiary/aromatic N) is 1. The van der Waals surface area contributed by atoms with Gasteiger partial charge in [0.15, 0.2) is 11.5 Å². The van der Waals surface area contributed by atoms with Gasteiger partial charge in [-0.25, -0.2) is 0 Å². The van der Waals surface area contributed by atoms with E-state index in [-0.39, 0.29) is 18.2 Å². The monoisotopic (exact) mass is 261 g/mol. The van der Waals surface area contributed by atoms with E-state index in [1.807, 2.05) is 12.1 Å². The molecule has 1 aromatic carbocycles. The van der Waals surface area contributed by atoms with Gasteiger partial charge >= 0.3 is 0 Å². The average Bonchev–Trinajstić information content (AvgIpc) is 2.85. The van der Waals surface area contributed by atoms with E-state index in [0.29, 0.717) is 18.0 Å². The molecule has 1 heterocycles. The minimum absolute atomic E-state index is 0.232. The van der Waals surface area contributed by atoms with Crippen LogP contribution in [-0.2, 0) is 17.9 Å². The number of amides is 1. The van der Waals surface area contributed by atoms with Gasteiger partial charge < -0.3 is 20.3 Å². The summed E-state index contributed by atoms with van der Waals surface area (Å²) in [6.45, 7) is 0.672. The Hall–Kier alpha value is -2.34. The topological polar surface area (TPSA) is 90.4 Å². The Labute approximate surface area is 110 Å². The van der Waals surface area contributed by atoms with Crippen LogP contribution in [-0.4, -0.2) is 18.2 Å². The van der Waals surface area contributed by atoms with Crippen LogP contribution in [0, 0.1) is 0 Å². The highest BCUT2D eigenvalue weighted by atomic mass is 16.5. The number of ether oxygens (including phenoxy) is 1. The molecule has 3 N–H and O–H groups in total. The molecule has 0 radical (unpaired) electrons. The fraction of sp³-hybridized carbons (Fsp3) is 0.231. The Morgan fingerprint density at radius 1 is 1.47 bits per heavy atom. The van der Waals surface area contributed by atoms with Crippen LogP contribution in [0.2, 0.25) is 0 Å². The minimum atomic E-state index is -0.298. The number of carbonyl (C=O) groups excluding carboxylic acids is 1. The van der Waals surface area contributed by atoms with Gasteiger partial charge in [-0.3, -0.25) is 4.79 Å². The molecular formula is C13H15N3O3. The van der Waals surface area contributed by atoms with Crippen LogP contribution in [0.4, 0.5) is 5.69 Å². The lowest BCUT2D eigenvalue weighted by Gasteiger charge is -2.03. The number of nitrogens with two attached hydrogens (primary N) is 1. The van der Waals surface area contributed by atoms with Crippen molar-refractivity contribution in [3.05, 3.63) is 47.3 Å². The maximum Gasteiger partial charge on any atom is 0.273 e. The molecule has 0 spiro atoms. The average molecular weight is 261 g/mol. The summed E-state index contributed by atoms with van der Waals surface area (Å²) in [4.78, 5) is 11.8. The molecule has 1 aromatic heterocycles. The first-order valence-electron chi connectivity index (χ1n) is 5.76. The van der Waals surface area contributed by atoms with Gasteiger partial charge in [-0.05, 0) is 17.7 Å². The summed E-state index contributed by atoms with van der Waals surface area (Å²) in [6, 6.07) is 8.87. The van der Waals surface area contributed by atoms with Crippen molar-refractivity contribution < 1.29 is 14.1 Å². The van der Waals surface area contributed by atoms with Crippen molar-refractivity contribution in [1.82, 2.24) is 10.5 Å². The van der Waals surface area contributed by atoms with E-state index < -0.39 is 0 Å². The van der Waals surface area contributed by atoms with E-state index in [4.69, 9.17) is 15.0 Å². The number of hydrogen-bond donors (Lipinski definition) is 2. The number of benzene rings is 1. The lowest BCUT2D eigenvalue weighted by molar-refractivity contribution is 0.0941. The van der Waals surface area contributed by atoms with Gasteiger partial charge in [0.2, 0.25) is 0 Å². The van der Waals surface area contributed by atoms with Crippen LogP contribution in [0.3, 0.4) is 0 Å². The molecule has 6 nitrogen and oxygen atoms in total. The second kappa shape index (κ2) is 6.01. The predicted molar refractivity (Wildman–Crippen MR) is 69.2 cm³/mol. The summed E-state index contributed by atoms with van der Waals surface area (Å²) in [5.41, 5.74) is 7.48. The second-order valence-electron chi connectivity index (χ2n) is 4.04. The maximum atomic E-state index is 11.8. The molecule has 19 heavy (non-hydrogen) atoms. The lowest BCUT2D eigenvalue weighted by atomic mass is 10.2. The van der Waals surface area contributed by atoms with Crippen molar-refractivity contribution in [2.24, 2.45) is 0 Å². The standard InChI is InChI=1S/C13H15N3O3/c1-18-8-11-6-12(16-19-11)13(17)15-7-9-3-2-4-10(14)5-9/h2-6H,7-8,14H2,1H3,(H,15,17). The maximum absolute atomic E-state index is 11.8. The number of nitrogen functional groups attached to an aromatic ring is 1. The summed E-state index contributed by atoms with van der Waals surface area (Å²) in [5, 5.41) is 6.41. The highest BCUT2D eigenvalue weighted by Gasteiger charge is 2.11. The molecule has 0 atom stereocenters. The molecule has 0 aliphatic heterocycles. The molecule has 0 saturated heterocycles. The van der Waals surface area contributed by atoms with Gasteiger partial charge in [0.1, 0.15) is 6.61 Å². The van der Waals surface area contributed by atoms with Crippen LogP contribution >= 0.6 is 0 Å². The van der Waals surface area contributed by atoms with Crippen molar-refractivity contribution in [2.45, 2.75) is 13.2 Å². The Morgan fingerprint density at radius 2 is 2.32 bits per heavy atom. The fourth-order valence-electron chi connectivity index (χ4n) is 1.61. The summed E-state index contributed by atoms with van der Waals surface area (Å²) < 4.78 is 9.83. The first-order valence-corrected chi connectivity index (χ1v) is 5.76. The number of nitrogens with one attached hydrogen (secondary N) is 1. The van der Waals surface area contributed by atoms with Crippen molar-refractivity contribution in [2.75, 3.05) is 12.8 Å². The predicted octanol–water partition coefficient (Wildman–Crippen LogP) is 1.33. The summed E-state index contributed by atoms with van der Waals surface area (Å²) in [7, 11) is 1.54. The number of rotatable bonds is 5. The van der Waals surface area contributed by atoms with Gasteiger partial charge in [0, 0.05) is 25.4 Å². The Bertz CT molecular complexity index is 566. The minimum Gasteiger partial charge on any atom is -0.399 e. The number of aromatic nitrogens is 1. The second-order valence-corrected chi connectivity index (χ2v) is 4.04. The number of hydrogen-bond acceptors (Lipinski definition) is 5. The normalized spacial score (nSPS) is 10.4. The van der Waals surface area contributed by atoms with E-state index in [0.717, 1.165) is 5.56 Å². The molecule has 100 valence electrons. The summed E-state index contributed by atoms with van der Waals surface area (Å²) in [5.74, 6) is 0.213. The van der Waals surface area contributed by atoms with E-state index in [1.54, 1.807) is 25.3 Å². The lowest BCUT2D eigenvalue weighted by Crippen LogP contribution is -2.23. The van der Waals surface area contributed by atoms with Crippen LogP contribution in [0.15, 0.2) is 34.9 Å². The highest BCUT2D eigenvalue weighted by molar-refractivity contribution is 5.92. The van der Waals surface area contributed by atoms with Gasteiger partial charge in [-0.1, -0.05) is 17.3 Å². The van der Waals surface area contributed by atoms with Crippen molar-refractivity contribution in [1.29, 1.82) is 0 Å². The van der Waals surface area contributed by atoms with Gasteiger partial charge in [-0.15, -0.1) is 0 Å². The molecule has 0 fully saturated rings. The molecule has 2 rings (SSSR count). The van der Waals surface area contributed by atoms with E-state index in [2.05, 4.69) is 10.5 Å². The van der Waals surface area contributed by atoms with Crippen molar-refractivity contribution in [3.63, 3.8) is 0 Å². The molecule has 2 aromatic rings. The zero-order valence-corrected chi connectivity index (χ0v) is 10.6. The zero-order valence-electron chi connectivity index (χ0n) is 10.6. The number of anilines is 1. The summed E-state index contributed by atoms with van der Waals surface area (Å²) in [6.07, 6.45) is 0. The number of carbonyl (C=O) groups is 1.